The molecular formula is C21H24N2O6. The first-order valence-corrected chi connectivity index (χ1v) is 9.28. The van der Waals surface area contributed by atoms with E-state index < -0.39 is 29.9 Å². The van der Waals surface area contributed by atoms with Gasteiger partial charge in [-0.1, -0.05) is 30.3 Å². The van der Waals surface area contributed by atoms with Crippen LogP contribution < -0.4 is 15.5 Å². The van der Waals surface area contributed by atoms with E-state index in [0.717, 1.165) is 11.1 Å². The Hall–Kier alpha value is -3.10. The number of benzene rings is 2. The van der Waals surface area contributed by atoms with Crippen molar-refractivity contribution >= 4 is 11.8 Å². The lowest BCUT2D eigenvalue weighted by molar-refractivity contribution is -0.135. The molecule has 2 aromatic rings. The highest BCUT2D eigenvalue weighted by Crippen LogP contribution is 2.32. The Morgan fingerprint density at radius 1 is 1.24 bits per heavy atom. The minimum absolute atomic E-state index is 0.0732. The summed E-state index contributed by atoms with van der Waals surface area (Å²) in [4.78, 5) is 24.7. The second-order valence-electron chi connectivity index (χ2n) is 7.10. The number of aliphatic hydroxyl groups excluding tert-OH is 1. The molecule has 0 saturated heterocycles. The molecular weight excluding hydrogens is 376 g/mol. The van der Waals surface area contributed by atoms with Crippen molar-refractivity contribution in [1.82, 2.24) is 10.8 Å². The third-order valence-electron chi connectivity index (χ3n) is 5.15. The van der Waals surface area contributed by atoms with Crippen LogP contribution in [0.2, 0.25) is 0 Å². The zero-order chi connectivity index (χ0) is 21.0. The number of phenolic OH excluding ortho intramolecular Hbond substituents is 1. The van der Waals surface area contributed by atoms with E-state index in [1.807, 2.05) is 24.3 Å². The summed E-state index contributed by atoms with van der Waals surface area (Å²) >= 11 is 0. The molecule has 0 spiro atoms. The number of hydrogen-bond acceptors (Lipinski definition) is 6. The highest BCUT2D eigenvalue weighted by atomic mass is 16.5. The molecule has 2 amide bonds. The lowest BCUT2D eigenvalue weighted by Crippen LogP contribution is -2.40. The average Bonchev–Trinajstić information content (AvgIpc) is 3.02. The Morgan fingerprint density at radius 2 is 2.00 bits per heavy atom. The largest absolute Gasteiger partial charge is 0.504 e. The van der Waals surface area contributed by atoms with E-state index in [2.05, 4.69) is 5.32 Å². The van der Waals surface area contributed by atoms with Crippen molar-refractivity contribution in [3.63, 3.8) is 0 Å². The van der Waals surface area contributed by atoms with Crippen LogP contribution in [0.15, 0.2) is 42.5 Å². The van der Waals surface area contributed by atoms with Gasteiger partial charge >= 0.3 is 0 Å². The Labute approximate surface area is 168 Å². The summed E-state index contributed by atoms with van der Waals surface area (Å²) in [6.45, 7) is 0. The quantitative estimate of drug-likeness (QED) is 0.351. The van der Waals surface area contributed by atoms with Crippen LogP contribution in [0.25, 0.3) is 0 Å². The molecule has 8 nitrogen and oxygen atoms in total. The SMILES string of the molecule is COc1ccc(CC(CC(=O)NO)C(=O)NC2c3ccccc3CC2O)cc1O. The van der Waals surface area contributed by atoms with Crippen LogP contribution in [0.5, 0.6) is 11.5 Å². The maximum absolute atomic E-state index is 12.9. The van der Waals surface area contributed by atoms with E-state index in [1.165, 1.54) is 13.2 Å². The number of rotatable bonds is 7. The third kappa shape index (κ3) is 4.67. The number of hydrogen-bond donors (Lipinski definition) is 5. The van der Waals surface area contributed by atoms with Crippen molar-refractivity contribution in [3.05, 3.63) is 59.2 Å². The molecule has 0 aromatic heterocycles. The van der Waals surface area contributed by atoms with Gasteiger partial charge in [-0.2, -0.15) is 0 Å². The minimum atomic E-state index is -0.810. The topological polar surface area (TPSA) is 128 Å². The lowest BCUT2D eigenvalue weighted by atomic mass is 9.94. The molecule has 0 heterocycles. The fourth-order valence-corrected chi connectivity index (χ4v) is 3.69. The Bertz CT molecular complexity index is 900. The summed E-state index contributed by atoms with van der Waals surface area (Å²) < 4.78 is 5.01. The van der Waals surface area contributed by atoms with Gasteiger partial charge in [0.2, 0.25) is 11.8 Å². The summed E-state index contributed by atoms with van der Waals surface area (Å²) in [6, 6.07) is 11.6. The Morgan fingerprint density at radius 3 is 2.69 bits per heavy atom. The van der Waals surface area contributed by atoms with Gasteiger partial charge in [0, 0.05) is 12.8 Å². The van der Waals surface area contributed by atoms with E-state index in [1.54, 1.807) is 17.6 Å². The number of carbonyl (C=O) groups excluding carboxylic acids is 2. The molecule has 3 rings (SSSR count). The number of ether oxygens (including phenoxy) is 1. The van der Waals surface area contributed by atoms with Crippen molar-refractivity contribution in [1.29, 1.82) is 0 Å². The fraction of sp³-hybridized carbons (Fsp3) is 0.333. The van der Waals surface area contributed by atoms with Gasteiger partial charge < -0.3 is 20.3 Å². The highest BCUT2D eigenvalue weighted by molar-refractivity contribution is 5.86. The van der Waals surface area contributed by atoms with Crippen molar-refractivity contribution in [3.8, 4) is 11.5 Å². The van der Waals surface area contributed by atoms with E-state index in [4.69, 9.17) is 9.94 Å². The van der Waals surface area contributed by atoms with Crippen molar-refractivity contribution in [2.24, 2.45) is 5.92 Å². The van der Waals surface area contributed by atoms with Gasteiger partial charge in [-0.3, -0.25) is 14.8 Å². The summed E-state index contributed by atoms with van der Waals surface area (Å²) in [7, 11) is 1.43. The molecule has 0 bridgehead atoms. The van der Waals surface area contributed by atoms with Gasteiger partial charge in [0.1, 0.15) is 0 Å². The molecule has 3 unspecified atom stereocenters. The Balaban J connectivity index is 1.78. The standard InChI is InChI=1S/C21H24N2O6/c1-29-18-7-6-12(9-16(18)24)8-14(11-19(26)23-28)21(27)22-20-15-5-3-2-4-13(15)10-17(20)25/h2-7,9,14,17,20,24-25,28H,8,10-11H2,1H3,(H,22,27)(H,23,26). The van der Waals surface area contributed by atoms with Gasteiger partial charge in [-0.25, -0.2) is 5.48 Å². The molecule has 1 aliphatic rings. The number of phenols is 1. The maximum Gasteiger partial charge on any atom is 0.244 e. The molecule has 1 aliphatic carbocycles. The molecule has 2 aromatic carbocycles. The second kappa shape index (κ2) is 8.93. The average molecular weight is 400 g/mol. The molecule has 0 fully saturated rings. The number of carbonyl (C=O) groups is 2. The van der Waals surface area contributed by atoms with Gasteiger partial charge in [0.25, 0.3) is 0 Å². The van der Waals surface area contributed by atoms with Crippen LogP contribution in [0.1, 0.15) is 29.2 Å². The van der Waals surface area contributed by atoms with Gasteiger partial charge in [-0.05, 0) is 35.2 Å². The molecule has 0 radical (unpaired) electrons. The first kappa shape index (κ1) is 20.6. The number of hydroxylamine groups is 1. The van der Waals surface area contributed by atoms with Crippen LogP contribution in [-0.4, -0.2) is 40.4 Å². The first-order chi connectivity index (χ1) is 13.9. The van der Waals surface area contributed by atoms with E-state index in [-0.39, 0.29) is 18.6 Å². The van der Waals surface area contributed by atoms with Gasteiger partial charge in [0.05, 0.1) is 25.2 Å². The fourth-order valence-electron chi connectivity index (χ4n) is 3.69. The number of aromatic hydroxyl groups is 1. The zero-order valence-electron chi connectivity index (χ0n) is 16.0. The highest BCUT2D eigenvalue weighted by Gasteiger charge is 2.34. The summed E-state index contributed by atoms with van der Waals surface area (Å²) in [5.74, 6) is -1.71. The molecule has 154 valence electrons. The number of nitrogens with one attached hydrogen (secondary N) is 2. The van der Waals surface area contributed by atoms with Crippen LogP contribution >= 0.6 is 0 Å². The summed E-state index contributed by atoms with van der Waals surface area (Å²) in [5.41, 5.74) is 3.99. The molecule has 3 atom stereocenters. The van der Waals surface area contributed by atoms with E-state index >= 15 is 0 Å². The summed E-state index contributed by atoms with van der Waals surface area (Å²) in [6.07, 6.45) is -0.412. The number of amides is 2. The molecule has 0 saturated carbocycles. The van der Waals surface area contributed by atoms with Crippen LogP contribution in [0, 0.1) is 5.92 Å². The maximum atomic E-state index is 12.9. The van der Waals surface area contributed by atoms with Crippen molar-refractivity contribution < 1.29 is 29.7 Å². The molecule has 5 N–H and O–H groups in total. The molecule has 29 heavy (non-hydrogen) atoms. The number of aliphatic hydroxyl groups is 1. The lowest BCUT2D eigenvalue weighted by Gasteiger charge is -2.22. The summed E-state index contributed by atoms with van der Waals surface area (Å²) in [5, 5.41) is 32.0. The van der Waals surface area contributed by atoms with Crippen molar-refractivity contribution in [2.45, 2.75) is 31.4 Å². The third-order valence-corrected chi connectivity index (χ3v) is 5.15. The number of fused-ring (bicyclic) bond motifs is 1. The normalized spacial score (nSPS) is 18.6. The van der Waals surface area contributed by atoms with Crippen molar-refractivity contribution in [2.75, 3.05) is 7.11 Å². The molecule has 8 heteroatoms. The monoisotopic (exact) mass is 400 g/mol. The van der Waals surface area contributed by atoms with Crippen LogP contribution in [0.3, 0.4) is 0 Å². The number of methoxy groups -OCH3 is 1. The van der Waals surface area contributed by atoms with Gasteiger partial charge in [-0.15, -0.1) is 0 Å². The minimum Gasteiger partial charge on any atom is -0.504 e. The molecule has 0 aliphatic heterocycles. The predicted molar refractivity (Wildman–Crippen MR) is 103 cm³/mol. The Kier molecular flexibility index (Phi) is 6.36. The van der Waals surface area contributed by atoms with Gasteiger partial charge in [0.15, 0.2) is 11.5 Å². The zero-order valence-corrected chi connectivity index (χ0v) is 16.0. The van der Waals surface area contributed by atoms with E-state index in [0.29, 0.717) is 17.7 Å². The predicted octanol–water partition coefficient (Wildman–Crippen LogP) is 1.23. The van der Waals surface area contributed by atoms with Crippen LogP contribution in [0.4, 0.5) is 0 Å². The first-order valence-electron chi connectivity index (χ1n) is 9.28. The smallest absolute Gasteiger partial charge is 0.244 e. The van der Waals surface area contributed by atoms with E-state index in [9.17, 15) is 19.8 Å². The van der Waals surface area contributed by atoms with Crippen LogP contribution in [-0.2, 0) is 22.4 Å². The second-order valence-corrected chi connectivity index (χ2v) is 7.10.